The lowest BCUT2D eigenvalue weighted by molar-refractivity contribution is 0.413. The first-order valence-corrected chi connectivity index (χ1v) is 11.5. The van der Waals surface area contributed by atoms with Gasteiger partial charge in [-0.3, -0.25) is 13.9 Å². The first-order chi connectivity index (χ1) is 16.5. The summed E-state index contributed by atoms with van der Waals surface area (Å²) in [4.78, 5) is 37.3. The Hall–Kier alpha value is -3.89. The Kier molecular flexibility index (Phi) is 7.09. The van der Waals surface area contributed by atoms with Gasteiger partial charge in [0.1, 0.15) is 5.75 Å². The zero-order chi connectivity index (χ0) is 24.1. The van der Waals surface area contributed by atoms with Gasteiger partial charge >= 0.3 is 5.69 Å². The predicted molar refractivity (Wildman–Crippen MR) is 128 cm³/mol. The Morgan fingerprint density at radius 2 is 1.76 bits per heavy atom. The number of nitrogen functional groups attached to an aromatic ring is 1. The van der Waals surface area contributed by atoms with Crippen LogP contribution >= 0.6 is 0 Å². The molecule has 0 atom stereocenters. The number of benzene rings is 1. The highest BCUT2D eigenvalue weighted by Gasteiger charge is 2.16. The van der Waals surface area contributed by atoms with Crippen LogP contribution in [0.5, 0.6) is 5.75 Å². The molecule has 0 aliphatic rings. The van der Waals surface area contributed by atoms with Crippen LogP contribution in [0.4, 0.5) is 5.95 Å². The van der Waals surface area contributed by atoms with E-state index in [1.165, 1.54) is 4.57 Å². The molecule has 180 valence electrons. The lowest BCUT2D eigenvalue weighted by Gasteiger charge is -2.11. The highest BCUT2D eigenvalue weighted by Crippen LogP contribution is 2.21. The summed E-state index contributed by atoms with van der Waals surface area (Å²) in [6.45, 7) is 2.86. The molecule has 3 heterocycles. The van der Waals surface area contributed by atoms with Gasteiger partial charge in [-0.1, -0.05) is 24.9 Å². The second kappa shape index (κ2) is 10.4. The fourth-order valence-electron chi connectivity index (χ4n) is 3.86. The van der Waals surface area contributed by atoms with Crippen LogP contribution in [-0.2, 0) is 19.5 Å². The second-order valence-electron chi connectivity index (χ2n) is 8.12. The number of unbranched alkanes of at least 4 members (excludes halogenated alkanes) is 3. The fraction of sp³-hybridized carbons (Fsp3) is 0.435. The van der Waals surface area contributed by atoms with Gasteiger partial charge in [0.25, 0.3) is 11.4 Å². The van der Waals surface area contributed by atoms with Gasteiger partial charge in [0.15, 0.2) is 22.9 Å². The van der Waals surface area contributed by atoms with E-state index in [4.69, 9.17) is 15.0 Å². The number of rotatable bonds is 11. The average Bonchev–Trinajstić information content (AvgIpc) is 3.47. The van der Waals surface area contributed by atoms with Crippen LogP contribution in [0.1, 0.15) is 44.9 Å². The standard InChI is InChI=1S/C23H29N7O4/c1-3-4-6-13-29-19-18(26-22(24)27-19)21(31)30(23(29)32)14-7-5-8-17-25-20(34-28-17)15-9-11-16(33-2)12-10-15/h9-12H,3-8,13-14H2,1-2H3,(H3,24,26,27). The van der Waals surface area contributed by atoms with E-state index in [1.54, 1.807) is 11.7 Å². The minimum Gasteiger partial charge on any atom is -0.497 e. The molecule has 0 bridgehead atoms. The molecule has 0 amide bonds. The number of aromatic nitrogens is 6. The number of aryl methyl sites for hydroxylation is 2. The molecule has 0 radical (unpaired) electrons. The van der Waals surface area contributed by atoms with Crippen molar-refractivity contribution in [3.8, 4) is 17.2 Å². The third-order valence-electron chi connectivity index (χ3n) is 5.70. The van der Waals surface area contributed by atoms with Crippen LogP contribution in [0, 0.1) is 0 Å². The van der Waals surface area contributed by atoms with Crippen molar-refractivity contribution >= 4 is 17.1 Å². The molecule has 0 fully saturated rings. The molecule has 0 aliphatic carbocycles. The molecule has 0 saturated carbocycles. The summed E-state index contributed by atoms with van der Waals surface area (Å²) in [7, 11) is 1.61. The van der Waals surface area contributed by atoms with Crippen molar-refractivity contribution in [2.45, 2.75) is 58.5 Å². The molecule has 0 aliphatic heterocycles. The van der Waals surface area contributed by atoms with E-state index in [1.807, 2.05) is 24.3 Å². The Bertz CT molecular complexity index is 1360. The van der Waals surface area contributed by atoms with Crippen LogP contribution in [0.25, 0.3) is 22.6 Å². The highest BCUT2D eigenvalue weighted by atomic mass is 16.5. The van der Waals surface area contributed by atoms with E-state index in [9.17, 15) is 9.59 Å². The molecular formula is C23H29N7O4. The number of hydrogen-bond donors (Lipinski definition) is 2. The number of fused-ring (bicyclic) bond motifs is 1. The highest BCUT2D eigenvalue weighted by molar-refractivity contribution is 5.72. The molecular weight excluding hydrogens is 438 g/mol. The van der Waals surface area contributed by atoms with E-state index in [-0.39, 0.29) is 23.7 Å². The van der Waals surface area contributed by atoms with Crippen molar-refractivity contribution in [2.24, 2.45) is 0 Å². The molecule has 1 aromatic carbocycles. The normalized spacial score (nSPS) is 11.4. The van der Waals surface area contributed by atoms with E-state index in [0.29, 0.717) is 43.2 Å². The lowest BCUT2D eigenvalue weighted by Crippen LogP contribution is -2.40. The van der Waals surface area contributed by atoms with Gasteiger partial charge in [0.05, 0.1) is 7.11 Å². The van der Waals surface area contributed by atoms with Gasteiger partial charge < -0.3 is 20.0 Å². The largest absolute Gasteiger partial charge is 0.497 e. The van der Waals surface area contributed by atoms with Crippen molar-refractivity contribution in [2.75, 3.05) is 12.8 Å². The van der Waals surface area contributed by atoms with Crippen LogP contribution in [0.15, 0.2) is 38.4 Å². The summed E-state index contributed by atoms with van der Waals surface area (Å²) in [5.74, 6) is 1.88. The monoisotopic (exact) mass is 467 g/mol. The number of imidazole rings is 1. The smallest absolute Gasteiger partial charge is 0.332 e. The number of anilines is 1. The summed E-state index contributed by atoms with van der Waals surface area (Å²) in [5.41, 5.74) is 6.39. The fourth-order valence-corrected chi connectivity index (χ4v) is 3.86. The predicted octanol–water partition coefficient (Wildman–Crippen LogP) is 2.74. The van der Waals surface area contributed by atoms with Crippen molar-refractivity contribution in [3.05, 3.63) is 50.9 Å². The van der Waals surface area contributed by atoms with Crippen molar-refractivity contribution < 1.29 is 9.26 Å². The number of ether oxygens (including phenoxy) is 1. The number of hydrogen-bond acceptors (Lipinski definition) is 8. The third kappa shape index (κ3) is 4.87. The van der Waals surface area contributed by atoms with Crippen LogP contribution in [0.3, 0.4) is 0 Å². The van der Waals surface area contributed by atoms with E-state index in [0.717, 1.165) is 30.6 Å². The maximum atomic E-state index is 13.1. The minimum atomic E-state index is -0.405. The quantitative estimate of drug-likeness (QED) is 0.320. The number of nitrogens with zero attached hydrogens (tertiary/aromatic N) is 5. The topological polar surface area (TPSA) is 147 Å². The minimum absolute atomic E-state index is 0.123. The van der Waals surface area contributed by atoms with Gasteiger partial charge in [-0.05, 0) is 43.5 Å². The SMILES string of the molecule is CCCCCn1c(=O)n(CCCCc2noc(-c3ccc(OC)cc3)n2)c(=O)c2[nH]c(N)nc21. The van der Waals surface area contributed by atoms with Gasteiger partial charge in [-0.2, -0.15) is 9.97 Å². The molecule has 3 aromatic heterocycles. The van der Waals surface area contributed by atoms with E-state index < -0.39 is 5.56 Å². The molecule has 11 heteroatoms. The first kappa shape index (κ1) is 23.3. The molecule has 0 spiro atoms. The Balaban J connectivity index is 1.43. The van der Waals surface area contributed by atoms with Gasteiger partial charge in [-0.15, -0.1) is 0 Å². The number of methoxy groups -OCH3 is 1. The zero-order valence-electron chi connectivity index (χ0n) is 19.4. The van der Waals surface area contributed by atoms with E-state index in [2.05, 4.69) is 27.0 Å². The molecule has 11 nitrogen and oxygen atoms in total. The molecule has 34 heavy (non-hydrogen) atoms. The summed E-state index contributed by atoms with van der Waals surface area (Å²) in [5, 5.41) is 4.04. The summed E-state index contributed by atoms with van der Waals surface area (Å²) < 4.78 is 13.3. The van der Waals surface area contributed by atoms with Crippen LogP contribution < -0.4 is 21.7 Å². The molecule has 4 aromatic rings. The molecule has 3 N–H and O–H groups in total. The number of H-pyrrole nitrogens is 1. The van der Waals surface area contributed by atoms with Crippen molar-refractivity contribution in [3.63, 3.8) is 0 Å². The zero-order valence-corrected chi connectivity index (χ0v) is 19.4. The Labute approximate surface area is 195 Å². The first-order valence-electron chi connectivity index (χ1n) is 11.5. The van der Waals surface area contributed by atoms with Crippen LogP contribution in [0.2, 0.25) is 0 Å². The summed E-state index contributed by atoms with van der Waals surface area (Å²) in [6, 6.07) is 7.37. The van der Waals surface area contributed by atoms with Gasteiger partial charge in [0, 0.05) is 25.1 Å². The second-order valence-corrected chi connectivity index (χ2v) is 8.12. The molecule has 0 saturated heterocycles. The van der Waals surface area contributed by atoms with Crippen molar-refractivity contribution in [1.82, 2.24) is 29.2 Å². The van der Waals surface area contributed by atoms with Gasteiger partial charge in [0.2, 0.25) is 0 Å². The molecule has 0 unspecified atom stereocenters. The van der Waals surface area contributed by atoms with Crippen LogP contribution in [-0.4, -0.2) is 36.4 Å². The molecule has 4 rings (SSSR count). The van der Waals surface area contributed by atoms with Gasteiger partial charge in [-0.25, -0.2) is 4.79 Å². The number of nitrogens with two attached hydrogens (primary N) is 1. The third-order valence-corrected chi connectivity index (χ3v) is 5.70. The lowest BCUT2D eigenvalue weighted by atomic mass is 10.2. The number of nitrogens with one attached hydrogen (secondary N) is 1. The summed E-state index contributed by atoms with van der Waals surface area (Å²) in [6.07, 6.45) is 4.69. The van der Waals surface area contributed by atoms with Crippen molar-refractivity contribution in [1.29, 1.82) is 0 Å². The average molecular weight is 468 g/mol. The summed E-state index contributed by atoms with van der Waals surface area (Å²) >= 11 is 0. The number of aromatic amines is 1. The van der Waals surface area contributed by atoms with E-state index >= 15 is 0 Å². The Morgan fingerprint density at radius 3 is 2.50 bits per heavy atom. The maximum absolute atomic E-state index is 13.1. The maximum Gasteiger partial charge on any atom is 0.332 e. The Morgan fingerprint density at radius 1 is 1.03 bits per heavy atom.